The molecule has 0 fully saturated rings. The summed E-state index contributed by atoms with van der Waals surface area (Å²) >= 11 is 0. The van der Waals surface area contributed by atoms with Gasteiger partial charge in [0.15, 0.2) is 16.8 Å². The minimum absolute atomic E-state index is 0.199. The molecule has 13 nitrogen and oxygen atoms in total. The van der Waals surface area contributed by atoms with Crippen LogP contribution in [0.5, 0.6) is 11.5 Å². The van der Waals surface area contributed by atoms with Gasteiger partial charge in [0, 0.05) is 42.9 Å². The Morgan fingerprint density at radius 1 is 0.717 bits per heavy atom. The number of furan rings is 1. The molecule has 0 atom stereocenters. The van der Waals surface area contributed by atoms with Crippen LogP contribution in [-0.2, 0) is 10.0 Å². The number of rotatable bonds is 10. The lowest BCUT2D eigenvalue weighted by atomic mass is 9.97. The van der Waals surface area contributed by atoms with Gasteiger partial charge >= 0.3 is 0 Å². The van der Waals surface area contributed by atoms with E-state index in [1.54, 1.807) is 55.8 Å². The average molecular weight is 824 g/mol. The molecule has 0 aliphatic carbocycles. The SMILES string of the molecule is CNC(=O)c1c(-c2ccc(F)cc2)oc2cc(N(C)S(C)(=O)=O)c(-c3ccc(OC)c(-c4nc5cc(-c6ccc(OC)c(-c7nc8ncccc8o7)c6)ccc5o4)c3)cc12. The highest BCUT2D eigenvalue weighted by molar-refractivity contribution is 7.92. The lowest BCUT2D eigenvalue weighted by molar-refractivity contribution is 0.0964. The van der Waals surface area contributed by atoms with E-state index in [1.165, 1.54) is 45.5 Å². The predicted octanol–water partition coefficient (Wildman–Crippen LogP) is 9.36. The first-order valence-corrected chi connectivity index (χ1v) is 20.3. The van der Waals surface area contributed by atoms with Crippen molar-refractivity contribution in [3.8, 4) is 68.0 Å². The second-order valence-electron chi connectivity index (χ2n) is 13.9. The molecule has 1 N–H and O–H groups in total. The van der Waals surface area contributed by atoms with E-state index in [1.807, 2.05) is 36.4 Å². The van der Waals surface area contributed by atoms with Crippen molar-refractivity contribution in [3.05, 3.63) is 121 Å². The van der Waals surface area contributed by atoms with Gasteiger partial charge in [0.05, 0.1) is 42.9 Å². The number of methoxy groups -OCH3 is 2. The number of amides is 1. The number of fused-ring (bicyclic) bond motifs is 3. The number of hydrogen-bond donors (Lipinski definition) is 1. The normalized spacial score (nSPS) is 11.7. The molecule has 0 bridgehead atoms. The Hall–Kier alpha value is -7.52. The van der Waals surface area contributed by atoms with Crippen LogP contribution < -0.4 is 19.1 Å². The number of ether oxygens (including phenoxy) is 2. The Kier molecular flexibility index (Phi) is 9.31. The highest BCUT2D eigenvalue weighted by Gasteiger charge is 2.27. The van der Waals surface area contributed by atoms with Gasteiger partial charge in [-0.3, -0.25) is 9.10 Å². The standard InChI is InChI=1S/C45H34FN5O8S/c1-47-43(52)40-30-22-29(34(51(2)60(5,53)54)23-39(30)57-41(40)24-8-13-28(46)14-9-24)27-12-16-36(56-4)32(20-27)44-49-33-21-26(11-17-37(33)58-44)25-10-15-35(55-3)31(19-25)45-50-42-38(59-45)7-6-18-48-42/h6-23H,1-5H3,(H,47,52). The molecule has 1 amide bonds. The molecule has 4 aromatic heterocycles. The van der Waals surface area contributed by atoms with Gasteiger partial charge in [0.2, 0.25) is 21.8 Å². The third-order valence-corrected chi connectivity index (χ3v) is 11.5. The lowest BCUT2D eigenvalue weighted by Gasteiger charge is -2.21. The zero-order valence-corrected chi connectivity index (χ0v) is 33.5. The van der Waals surface area contributed by atoms with Crippen molar-refractivity contribution in [2.75, 3.05) is 38.9 Å². The number of sulfonamides is 1. The largest absolute Gasteiger partial charge is 0.496 e. The fourth-order valence-electron chi connectivity index (χ4n) is 7.16. The van der Waals surface area contributed by atoms with E-state index >= 15 is 0 Å². The number of halogens is 1. The second kappa shape index (κ2) is 14.7. The van der Waals surface area contributed by atoms with Crippen LogP contribution in [0.3, 0.4) is 0 Å². The van der Waals surface area contributed by atoms with Gasteiger partial charge in [0.1, 0.15) is 34.2 Å². The van der Waals surface area contributed by atoms with Gasteiger partial charge in [-0.25, -0.2) is 22.8 Å². The molecule has 60 heavy (non-hydrogen) atoms. The third-order valence-electron chi connectivity index (χ3n) is 10.3. The maximum Gasteiger partial charge on any atom is 0.255 e. The van der Waals surface area contributed by atoms with Crippen molar-refractivity contribution >= 4 is 54.9 Å². The molecular formula is C45H34FN5O8S. The van der Waals surface area contributed by atoms with Crippen LogP contribution >= 0.6 is 0 Å². The molecule has 0 aliphatic rings. The van der Waals surface area contributed by atoms with Crippen LogP contribution in [-0.4, -0.2) is 63.8 Å². The van der Waals surface area contributed by atoms with Gasteiger partial charge in [0.25, 0.3) is 5.91 Å². The topological polar surface area (TPSA) is 163 Å². The first-order valence-electron chi connectivity index (χ1n) is 18.5. The van der Waals surface area contributed by atoms with Crippen LogP contribution in [0.25, 0.3) is 89.8 Å². The third kappa shape index (κ3) is 6.63. The van der Waals surface area contributed by atoms with Crippen LogP contribution in [0.1, 0.15) is 10.4 Å². The van der Waals surface area contributed by atoms with E-state index in [0.29, 0.717) is 72.9 Å². The quantitative estimate of drug-likeness (QED) is 0.140. The minimum atomic E-state index is -3.79. The van der Waals surface area contributed by atoms with E-state index in [4.69, 9.17) is 27.7 Å². The zero-order chi connectivity index (χ0) is 41.9. The number of carbonyl (C=O) groups is 1. The molecule has 0 spiro atoms. The molecule has 0 radical (unpaired) electrons. The summed E-state index contributed by atoms with van der Waals surface area (Å²) in [6, 6.07) is 29.1. The first kappa shape index (κ1) is 38.0. The van der Waals surface area contributed by atoms with E-state index in [2.05, 4.69) is 15.3 Å². The van der Waals surface area contributed by atoms with Gasteiger partial charge in [-0.1, -0.05) is 18.2 Å². The van der Waals surface area contributed by atoms with Crippen LogP contribution in [0.15, 0.2) is 123 Å². The van der Waals surface area contributed by atoms with Crippen LogP contribution in [0.4, 0.5) is 10.1 Å². The number of hydrogen-bond acceptors (Lipinski definition) is 11. The maximum atomic E-state index is 13.9. The number of aromatic nitrogens is 3. The van der Waals surface area contributed by atoms with Crippen molar-refractivity contribution < 1.29 is 40.3 Å². The minimum Gasteiger partial charge on any atom is -0.496 e. The van der Waals surface area contributed by atoms with E-state index in [-0.39, 0.29) is 28.5 Å². The van der Waals surface area contributed by atoms with Crippen LogP contribution in [0, 0.1) is 5.82 Å². The molecule has 5 aromatic carbocycles. The molecule has 15 heteroatoms. The highest BCUT2D eigenvalue weighted by Crippen LogP contribution is 2.44. The Balaban J connectivity index is 1.16. The Labute approximate surface area is 342 Å². The fourth-order valence-corrected chi connectivity index (χ4v) is 7.67. The molecule has 0 aliphatic heterocycles. The first-order chi connectivity index (χ1) is 28.9. The van der Waals surface area contributed by atoms with E-state index in [0.717, 1.165) is 21.7 Å². The Bertz CT molecular complexity index is 3230. The number of carbonyl (C=O) groups excluding carboxylic acids is 1. The van der Waals surface area contributed by atoms with Crippen LogP contribution in [0.2, 0.25) is 0 Å². The number of nitrogens with one attached hydrogen (secondary N) is 1. The second-order valence-corrected chi connectivity index (χ2v) is 15.9. The summed E-state index contributed by atoms with van der Waals surface area (Å²) in [5, 5.41) is 3.08. The Morgan fingerprint density at radius 3 is 2.03 bits per heavy atom. The Morgan fingerprint density at radius 2 is 1.35 bits per heavy atom. The summed E-state index contributed by atoms with van der Waals surface area (Å²) in [5.74, 6) is 0.955. The summed E-state index contributed by atoms with van der Waals surface area (Å²) in [4.78, 5) is 27.2. The molecule has 0 saturated heterocycles. The molecular weight excluding hydrogens is 790 g/mol. The fraction of sp³-hybridized carbons (Fsp3) is 0.111. The summed E-state index contributed by atoms with van der Waals surface area (Å²) < 4.78 is 71.1. The van der Waals surface area contributed by atoms with Crippen molar-refractivity contribution in [3.63, 3.8) is 0 Å². The zero-order valence-electron chi connectivity index (χ0n) is 32.7. The number of oxazole rings is 2. The lowest BCUT2D eigenvalue weighted by Crippen LogP contribution is -2.25. The van der Waals surface area contributed by atoms with Gasteiger partial charge in [-0.2, -0.15) is 4.98 Å². The molecule has 4 heterocycles. The van der Waals surface area contributed by atoms with Gasteiger partial charge in [-0.15, -0.1) is 0 Å². The molecule has 0 unspecified atom stereocenters. The molecule has 0 saturated carbocycles. The highest BCUT2D eigenvalue weighted by atomic mass is 32.2. The summed E-state index contributed by atoms with van der Waals surface area (Å²) in [7, 11) is 2.25. The van der Waals surface area contributed by atoms with Crippen molar-refractivity contribution in [1.29, 1.82) is 0 Å². The molecule has 9 aromatic rings. The summed E-state index contributed by atoms with van der Waals surface area (Å²) in [5.41, 5.74) is 7.17. The van der Waals surface area contributed by atoms with Gasteiger partial charge in [-0.05, 0) is 95.6 Å². The monoisotopic (exact) mass is 823 g/mol. The smallest absolute Gasteiger partial charge is 0.255 e. The van der Waals surface area contributed by atoms with Crippen molar-refractivity contribution in [2.45, 2.75) is 0 Å². The van der Waals surface area contributed by atoms with Gasteiger partial charge < -0.3 is 28.0 Å². The molecule has 9 rings (SSSR count). The maximum absolute atomic E-state index is 13.9. The number of nitrogens with zero attached hydrogens (tertiary/aromatic N) is 4. The predicted molar refractivity (Wildman–Crippen MR) is 226 cm³/mol. The molecule has 300 valence electrons. The van der Waals surface area contributed by atoms with Crippen molar-refractivity contribution in [1.82, 2.24) is 20.3 Å². The number of pyridine rings is 1. The van der Waals surface area contributed by atoms with E-state index in [9.17, 15) is 17.6 Å². The van der Waals surface area contributed by atoms with Crippen molar-refractivity contribution in [2.24, 2.45) is 0 Å². The average Bonchev–Trinajstić information content (AvgIpc) is 4.00. The summed E-state index contributed by atoms with van der Waals surface area (Å²) in [6.07, 6.45) is 2.75. The summed E-state index contributed by atoms with van der Waals surface area (Å²) in [6.45, 7) is 0. The number of benzene rings is 5. The number of anilines is 1. The van der Waals surface area contributed by atoms with E-state index < -0.39 is 21.7 Å².